The molecule has 4 nitrogen and oxygen atoms in total. The third-order valence-corrected chi connectivity index (χ3v) is 3.53. The summed E-state index contributed by atoms with van der Waals surface area (Å²) >= 11 is 0. The summed E-state index contributed by atoms with van der Waals surface area (Å²) in [5.41, 5.74) is -0.300. The predicted octanol–water partition coefficient (Wildman–Crippen LogP) is 0.233. The normalized spacial score (nSPS) is 30.5. The molecular weight excluding hydrogens is 192 g/mol. The minimum absolute atomic E-state index is 0.261. The van der Waals surface area contributed by atoms with E-state index < -0.39 is 0 Å². The van der Waals surface area contributed by atoms with E-state index >= 15 is 0 Å². The van der Waals surface area contributed by atoms with E-state index in [1.807, 2.05) is 11.9 Å². The van der Waals surface area contributed by atoms with E-state index in [2.05, 4.69) is 5.32 Å². The van der Waals surface area contributed by atoms with Gasteiger partial charge in [0.05, 0.1) is 12.0 Å². The highest BCUT2D eigenvalue weighted by atomic mass is 16.5. The maximum atomic E-state index is 12.3. The molecule has 1 N–H and O–H groups in total. The van der Waals surface area contributed by atoms with Gasteiger partial charge in [0, 0.05) is 26.7 Å². The van der Waals surface area contributed by atoms with Crippen LogP contribution in [0.2, 0.25) is 0 Å². The topological polar surface area (TPSA) is 41.6 Å². The van der Waals surface area contributed by atoms with Crippen molar-refractivity contribution >= 4 is 5.91 Å². The van der Waals surface area contributed by atoms with Crippen LogP contribution in [-0.4, -0.2) is 50.7 Å². The summed E-state index contributed by atoms with van der Waals surface area (Å²) in [6.45, 7) is 2.22. The molecule has 2 fully saturated rings. The van der Waals surface area contributed by atoms with Crippen molar-refractivity contribution in [1.82, 2.24) is 10.2 Å². The number of nitrogens with zero attached hydrogens (tertiary/aromatic N) is 1. The predicted molar refractivity (Wildman–Crippen MR) is 57.6 cm³/mol. The second kappa shape index (κ2) is 4.10. The number of ether oxygens (including phenoxy) is 1. The molecule has 1 saturated heterocycles. The number of carbonyl (C=O) groups excluding carboxylic acids is 1. The van der Waals surface area contributed by atoms with Crippen molar-refractivity contribution in [2.24, 2.45) is 5.41 Å². The zero-order chi connectivity index (χ0) is 10.9. The van der Waals surface area contributed by atoms with Gasteiger partial charge in [-0.1, -0.05) is 0 Å². The Morgan fingerprint density at radius 2 is 2.33 bits per heavy atom. The first-order chi connectivity index (χ1) is 7.19. The first-order valence-corrected chi connectivity index (χ1v) is 5.66. The fourth-order valence-corrected chi connectivity index (χ4v) is 2.39. The number of hydrogen-bond donors (Lipinski definition) is 1. The van der Waals surface area contributed by atoms with Crippen molar-refractivity contribution in [3.8, 4) is 0 Å². The Hall–Kier alpha value is -0.610. The molecule has 1 aliphatic carbocycles. The molecule has 0 radical (unpaired) electrons. The van der Waals surface area contributed by atoms with Gasteiger partial charge < -0.3 is 15.0 Å². The maximum Gasteiger partial charge on any atom is 0.232 e. The minimum atomic E-state index is -0.300. The van der Waals surface area contributed by atoms with Gasteiger partial charge in [0.15, 0.2) is 0 Å². The molecule has 15 heavy (non-hydrogen) atoms. The largest absolute Gasteiger partial charge is 0.384 e. The van der Waals surface area contributed by atoms with Crippen LogP contribution in [0.5, 0.6) is 0 Å². The van der Waals surface area contributed by atoms with Crippen molar-refractivity contribution in [3.63, 3.8) is 0 Å². The second-order valence-electron chi connectivity index (χ2n) is 4.79. The van der Waals surface area contributed by atoms with E-state index in [0.29, 0.717) is 12.6 Å². The Kier molecular flexibility index (Phi) is 2.98. The zero-order valence-corrected chi connectivity index (χ0v) is 9.58. The summed E-state index contributed by atoms with van der Waals surface area (Å²) in [5, 5.41) is 3.27. The minimum Gasteiger partial charge on any atom is -0.384 e. The smallest absolute Gasteiger partial charge is 0.232 e. The van der Waals surface area contributed by atoms with Gasteiger partial charge in [0.25, 0.3) is 0 Å². The molecule has 2 aliphatic rings. The summed E-state index contributed by atoms with van der Waals surface area (Å²) in [6.07, 6.45) is 3.23. The molecule has 2 rings (SSSR count). The number of amides is 1. The molecule has 1 aliphatic heterocycles. The lowest BCUT2D eigenvalue weighted by atomic mass is 9.86. The molecule has 0 bridgehead atoms. The monoisotopic (exact) mass is 212 g/mol. The molecule has 1 unspecified atom stereocenters. The molecule has 1 saturated carbocycles. The molecule has 1 amide bonds. The van der Waals surface area contributed by atoms with Crippen molar-refractivity contribution < 1.29 is 9.53 Å². The summed E-state index contributed by atoms with van der Waals surface area (Å²) < 4.78 is 5.21. The standard InChI is InChI=1S/C11H20N2O2/c1-13(9-3-4-9)10(14)11(8-15-2)5-6-12-7-11/h9,12H,3-8H2,1-2H3. The fourth-order valence-electron chi connectivity index (χ4n) is 2.39. The van der Waals surface area contributed by atoms with Gasteiger partial charge in [-0.2, -0.15) is 0 Å². The van der Waals surface area contributed by atoms with Crippen molar-refractivity contribution in [2.45, 2.75) is 25.3 Å². The van der Waals surface area contributed by atoms with Crippen molar-refractivity contribution in [1.29, 1.82) is 0 Å². The van der Waals surface area contributed by atoms with Crippen LogP contribution < -0.4 is 5.32 Å². The molecule has 1 atom stereocenters. The highest BCUT2D eigenvalue weighted by Gasteiger charge is 2.45. The number of methoxy groups -OCH3 is 1. The Balaban J connectivity index is 2.05. The second-order valence-corrected chi connectivity index (χ2v) is 4.79. The van der Waals surface area contributed by atoms with Crippen LogP contribution in [0.15, 0.2) is 0 Å². The van der Waals surface area contributed by atoms with Crippen LogP contribution in [0.3, 0.4) is 0 Å². The van der Waals surface area contributed by atoms with Gasteiger partial charge in [0.2, 0.25) is 5.91 Å². The van der Waals surface area contributed by atoms with Gasteiger partial charge in [-0.25, -0.2) is 0 Å². The first kappa shape index (κ1) is 10.9. The van der Waals surface area contributed by atoms with Gasteiger partial charge in [-0.15, -0.1) is 0 Å². The Morgan fingerprint density at radius 3 is 2.80 bits per heavy atom. The number of carbonyl (C=O) groups is 1. The summed E-state index contributed by atoms with van der Waals surface area (Å²) in [5.74, 6) is 0.261. The molecule has 0 aromatic carbocycles. The number of rotatable bonds is 4. The third kappa shape index (κ3) is 2.01. The lowest BCUT2D eigenvalue weighted by Gasteiger charge is -2.31. The van der Waals surface area contributed by atoms with E-state index in [1.54, 1.807) is 7.11 Å². The first-order valence-electron chi connectivity index (χ1n) is 5.66. The molecule has 0 aromatic rings. The third-order valence-electron chi connectivity index (χ3n) is 3.53. The van der Waals surface area contributed by atoms with Crippen LogP contribution in [0.4, 0.5) is 0 Å². The van der Waals surface area contributed by atoms with E-state index in [1.165, 1.54) is 12.8 Å². The maximum absolute atomic E-state index is 12.3. The summed E-state index contributed by atoms with van der Waals surface area (Å²) in [6, 6.07) is 0.492. The molecule has 0 spiro atoms. The van der Waals surface area contributed by atoms with Crippen molar-refractivity contribution in [3.05, 3.63) is 0 Å². The zero-order valence-electron chi connectivity index (χ0n) is 9.58. The highest BCUT2D eigenvalue weighted by Crippen LogP contribution is 2.33. The quantitative estimate of drug-likeness (QED) is 0.725. The van der Waals surface area contributed by atoms with Crippen LogP contribution in [0.25, 0.3) is 0 Å². The van der Waals surface area contributed by atoms with E-state index in [4.69, 9.17) is 4.74 Å². The Bertz CT molecular complexity index is 245. The average molecular weight is 212 g/mol. The van der Waals surface area contributed by atoms with Crippen molar-refractivity contribution in [2.75, 3.05) is 33.9 Å². The van der Waals surface area contributed by atoms with Crippen LogP contribution in [0.1, 0.15) is 19.3 Å². The van der Waals surface area contributed by atoms with E-state index in [9.17, 15) is 4.79 Å². The van der Waals surface area contributed by atoms with Crippen LogP contribution >= 0.6 is 0 Å². The van der Waals surface area contributed by atoms with Crippen LogP contribution in [-0.2, 0) is 9.53 Å². The highest BCUT2D eigenvalue weighted by molar-refractivity contribution is 5.84. The Labute approximate surface area is 91.0 Å². The van der Waals surface area contributed by atoms with E-state index in [-0.39, 0.29) is 11.3 Å². The summed E-state index contributed by atoms with van der Waals surface area (Å²) in [4.78, 5) is 14.3. The number of hydrogen-bond acceptors (Lipinski definition) is 3. The van der Waals surface area contributed by atoms with Gasteiger partial charge >= 0.3 is 0 Å². The number of nitrogens with one attached hydrogen (secondary N) is 1. The SMILES string of the molecule is COCC1(C(=O)N(C)C2CC2)CCNC1. The molecule has 4 heteroatoms. The molecule has 0 aromatic heterocycles. The molecule has 1 heterocycles. The van der Waals surface area contributed by atoms with Crippen LogP contribution in [0, 0.1) is 5.41 Å². The van der Waals surface area contributed by atoms with Gasteiger partial charge in [-0.05, 0) is 25.8 Å². The van der Waals surface area contributed by atoms with E-state index in [0.717, 1.165) is 19.5 Å². The average Bonchev–Trinajstić information content (AvgIpc) is 2.98. The molecule has 86 valence electrons. The molecular formula is C11H20N2O2. The fraction of sp³-hybridized carbons (Fsp3) is 0.909. The lowest BCUT2D eigenvalue weighted by molar-refractivity contribution is -0.143. The van der Waals surface area contributed by atoms with Gasteiger partial charge in [0.1, 0.15) is 0 Å². The lowest BCUT2D eigenvalue weighted by Crippen LogP contribution is -2.47. The summed E-state index contributed by atoms with van der Waals surface area (Å²) in [7, 11) is 3.60. The van der Waals surface area contributed by atoms with Gasteiger partial charge in [-0.3, -0.25) is 4.79 Å². The Morgan fingerprint density at radius 1 is 1.60 bits per heavy atom.